The Morgan fingerprint density at radius 1 is 1.33 bits per heavy atom. The SMILES string of the molecule is COc1ccc(N)cc1CNC(=O)c1cccc(Br)c1C. The van der Waals surface area contributed by atoms with Gasteiger partial charge in [0.1, 0.15) is 5.75 Å². The topological polar surface area (TPSA) is 64.3 Å². The molecule has 5 heteroatoms. The Morgan fingerprint density at radius 3 is 2.81 bits per heavy atom. The van der Waals surface area contributed by atoms with Crippen molar-refractivity contribution in [2.45, 2.75) is 13.5 Å². The molecule has 0 spiro atoms. The Labute approximate surface area is 132 Å². The van der Waals surface area contributed by atoms with Gasteiger partial charge < -0.3 is 15.8 Å². The van der Waals surface area contributed by atoms with Gasteiger partial charge in [0.25, 0.3) is 5.91 Å². The molecule has 0 fully saturated rings. The number of amides is 1. The first-order chi connectivity index (χ1) is 10.0. The van der Waals surface area contributed by atoms with Crippen molar-refractivity contribution in [3.05, 3.63) is 57.6 Å². The van der Waals surface area contributed by atoms with E-state index in [0.717, 1.165) is 15.6 Å². The number of carbonyl (C=O) groups is 1. The monoisotopic (exact) mass is 348 g/mol. The van der Waals surface area contributed by atoms with Crippen LogP contribution in [0.1, 0.15) is 21.5 Å². The highest BCUT2D eigenvalue weighted by atomic mass is 79.9. The van der Waals surface area contributed by atoms with Crippen molar-refractivity contribution in [2.24, 2.45) is 0 Å². The normalized spacial score (nSPS) is 10.2. The van der Waals surface area contributed by atoms with Gasteiger partial charge in [-0.15, -0.1) is 0 Å². The summed E-state index contributed by atoms with van der Waals surface area (Å²) in [4.78, 5) is 12.3. The molecule has 3 N–H and O–H groups in total. The number of nitrogens with two attached hydrogens (primary N) is 1. The fourth-order valence-electron chi connectivity index (χ4n) is 2.06. The number of ether oxygens (including phenoxy) is 1. The maximum Gasteiger partial charge on any atom is 0.251 e. The van der Waals surface area contributed by atoms with E-state index in [1.807, 2.05) is 19.1 Å². The molecule has 21 heavy (non-hydrogen) atoms. The van der Waals surface area contributed by atoms with Gasteiger partial charge in [0.2, 0.25) is 0 Å². The third kappa shape index (κ3) is 3.55. The number of anilines is 1. The van der Waals surface area contributed by atoms with Crippen molar-refractivity contribution >= 4 is 27.5 Å². The lowest BCUT2D eigenvalue weighted by atomic mass is 10.1. The highest BCUT2D eigenvalue weighted by Crippen LogP contribution is 2.22. The van der Waals surface area contributed by atoms with E-state index >= 15 is 0 Å². The molecule has 0 aliphatic heterocycles. The minimum Gasteiger partial charge on any atom is -0.496 e. The number of benzene rings is 2. The van der Waals surface area contributed by atoms with Gasteiger partial charge in [0, 0.05) is 27.8 Å². The summed E-state index contributed by atoms with van der Waals surface area (Å²) in [5, 5.41) is 2.89. The summed E-state index contributed by atoms with van der Waals surface area (Å²) in [6.45, 7) is 2.26. The molecule has 0 aliphatic rings. The molecule has 0 heterocycles. The van der Waals surface area contributed by atoms with Crippen molar-refractivity contribution in [2.75, 3.05) is 12.8 Å². The van der Waals surface area contributed by atoms with Gasteiger partial charge in [-0.2, -0.15) is 0 Å². The third-order valence-electron chi connectivity index (χ3n) is 3.26. The number of rotatable bonds is 4. The third-order valence-corrected chi connectivity index (χ3v) is 4.12. The minimum atomic E-state index is -0.127. The molecule has 0 saturated heterocycles. The van der Waals surface area contributed by atoms with Crippen LogP contribution in [0.4, 0.5) is 5.69 Å². The fraction of sp³-hybridized carbons (Fsp3) is 0.188. The largest absolute Gasteiger partial charge is 0.496 e. The van der Waals surface area contributed by atoms with Crippen LogP contribution in [0.3, 0.4) is 0 Å². The standard InChI is InChI=1S/C16H17BrN2O2/c1-10-13(4-3-5-14(10)17)16(20)19-9-11-8-12(18)6-7-15(11)21-2/h3-8H,9,18H2,1-2H3,(H,19,20). The molecule has 0 unspecified atom stereocenters. The van der Waals surface area contributed by atoms with Crippen LogP contribution in [0.15, 0.2) is 40.9 Å². The Morgan fingerprint density at radius 2 is 2.10 bits per heavy atom. The summed E-state index contributed by atoms with van der Waals surface area (Å²) < 4.78 is 6.18. The van der Waals surface area contributed by atoms with Crippen LogP contribution >= 0.6 is 15.9 Å². The molecule has 0 atom stereocenters. The zero-order valence-corrected chi connectivity index (χ0v) is 13.5. The summed E-state index contributed by atoms with van der Waals surface area (Å²) in [5.74, 6) is 0.578. The molecular formula is C16H17BrN2O2. The molecule has 2 aromatic rings. The van der Waals surface area contributed by atoms with Gasteiger partial charge >= 0.3 is 0 Å². The molecular weight excluding hydrogens is 332 g/mol. The van der Waals surface area contributed by atoms with Crippen molar-refractivity contribution in [3.63, 3.8) is 0 Å². The Hall–Kier alpha value is -2.01. The second-order valence-corrected chi connectivity index (χ2v) is 5.52. The van der Waals surface area contributed by atoms with E-state index in [1.54, 1.807) is 31.4 Å². The fourth-order valence-corrected chi connectivity index (χ4v) is 2.43. The van der Waals surface area contributed by atoms with Gasteiger partial charge in [-0.05, 0) is 42.8 Å². The number of halogens is 1. The van der Waals surface area contributed by atoms with Crippen molar-refractivity contribution < 1.29 is 9.53 Å². The van der Waals surface area contributed by atoms with Gasteiger partial charge in [0.15, 0.2) is 0 Å². The highest BCUT2D eigenvalue weighted by Gasteiger charge is 2.11. The highest BCUT2D eigenvalue weighted by molar-refractivity contribution is 9.10. The second kappa shape index (κ2) is 6.63. The van der Waals surface area contributed by atoms with Crippen LogP contribution in [0.2, 0.25) is 0 Å². The van der Waals surface area contributed by atoms with Gasteiger partial charge in [-0.25, -0.2) is 0 Å². The Balaban J connectivity index is 2.15. The lowest BCUT2D eigenvalue weighted by molar-refractivity contribution is 0.0950. The lowest BCUT2D eigenvalue weighted by Gasteiger charge is -2.12. The number of nitrogens with one attached hydrogen (secondary N) is 1. The summed E-state index contributed by atoms with van der Waals surface area (Å²) in [5.41, 5.74) is 8.81. The van der Waals surface area contributed by atoms with E-state index in [2.05, 4.69) is 21.2 Å². The van der Waals surface area contributed by atoms with E-state index in [-0.39, 0.29) is 5.91 Å². The predicted molar refractivity (Wildman–Crippen MR) is 87.5 cm³/mol. The van der Waals surface area contributed by atoms with Gasteiger partial charge in [0.05, 0.1) is 7.11 Å². The summed E-state index contributed by atoms with van der Waals surface area (Å²) >= 11 is 3.43. The molecule has 1 amide bonds. The summed E-state index contributed by atoms with van der Waals surface area (Å²) in [6, 6.07) is 10.9. The van der Waals surface area contributed by atoms with E-state index in [4.69, 9.17) is 10.5 Å². The van der Waals surface area contributed by atoms with E-state index in [0.29, 0.717) is 23.5 Å². The summed E-state index contributed by atoms with van der Waals surface area (Å²) in [7, 11) is 1.59. The number of carbonyl (C=O) groups excluding carboxylic acids is 1. The molecule has 0 saturated carbocycles. The molecule has 0 radical (unpaired) electrons. The van der Waals surface area contributed by atoms with Crippen LogP contribution in [0.5, 0.6) is 5.75 Å². The zero-order chi connectivity index (χ0) is 15.4. The molecule has 2 aromatic carbocycles. The van der Waals surface area contributed by atoms with Crippen molar-refractivity contribution in [1.82, 2.24) is 5.32 Å². The smallest absolute Gasteiger partial charge is 0.251 e. The molecule has 0 bridgehead atoms. The first kappa shape index (κ1) is 15.4. The van der Waals surface area contributed by atoms with Crippen LogP contribution in [-0.4, -0.2) is 13.0 Å². The van der Waals surface area contributed by atoms with Crippen LogP contribution in [-0.2, 0) is 6.54 Å². The van der Waals surface area contributed by atoms with E-state index < -0.39 is 0 Å². The number of methoxy groups -OCH3 is 1. The number of hydrogen-bond acceptors (Lipinski definition) is 3. The molecule has 0 aromatic heterocycles. The summed E-state index contributed by atoms with van der Waals surface area (Å²) in [6.07, 6.45) is 0. The zero-order valence-electron chi connectivity index (χ0n) is 11.9. The second-order valence-electron chi connectivity index (χ2n) is 4.67. The van der Waals surface area contributed by atoms with Crippen LogP contribution < -0.4 is 15.8 Å². The van der Waals surface area contributed by atoms with Crippen molar-refractivity contribution in [3.8, 4) is 5.75 Å². The predicted octanol–water partition coefficient (Wildman–Crippen LogP) is 3.28. The number of nitrogen functional groups attached to an aromatic ring is 1. The Bertz CT molecular complexity index is 671. The molecule has 2 rings (SSSR count). The molecule has 0 aliphatic carbocycles. The van der Waals surface area contributed by atoms with Gasteiger partial charge in [-0.3, -0.25) is 4.79 Å². The maximum atomic E-state index is 12.3. The minimum absolute atomic E-state index is 0.127. The van der Waals surface area contributed by atoms with E-state index in [1.165, 1.54) is 0 Å². The van der Waals surface area contributed by atoms with Crippen LogP contribution in [0.25, 0.3) is 0 Å². The lowest BCUT2D eigenvalue weighted by Crippen LogP contribution is -2.24. The average Bonchev–Trinajstić information content (AvgIpc) is 2.47. The average molecular weight is 349 g/mol. The Kier molecular flexibility index (Phi) is 4.85. The van der Waals surface area contributed by atoms with Crippen molar-refractivity contribution in [1.29, 1.82) is 0 Å². The first-order valence-corrected chi connectivity index (χ1v) is 7.28. The maximum absolute atomic E-state index is 12.3. The van der Waals surface area contributed by atoms with Gasteiger partial charge in [-0.1, -0.05) is 22.0 Å². The van der Waals surface area contributed by atoms with E-state index in [9.17, 15) is 4.79 Å². The molecule has 110 valence electrons. The quantitative estimate of drug-likeness (QED) is 0.833. The number of hydrogen-bond donors (Lipinski definition) is 2. The first-order valence-electron chi connectivity index (χ1n) is 6.48. The molecule has 4 nitrogen and oxygen atoms in total. The van der Waals surface area contributed by atoms with Crippen LogP contribution in [0, 0.1) is 6.92 Å².